The number of rotatable bonds is 19. The smallest absolute Gasteiger partial charge is 0.219 e. The van der Waals surface area contributed by atoms with Crippen molar-refractivity contribution in [1.29, 1.82) is 0 Å². The van der Waals surface area contributed by atoms with Crippen molar-refractivity contribution >= 4 is 11.7 Å². The first kappa shape index (κ1) is 31.5. The number of ether oxygens (including phenoxy) is 2. The van der Waals surface area contributed by atoms with Gasteiger partial charge in [-0.25, -0.2) is 0 Å². The fourth-order valence-electron chi connectivity index (χ4n) is 3.87. The monoisotopic (exact) mass is 502 g/mol. The van der Waals surface area contributed by atoms with Gasteiger partial charge in [0, 0.05) is 25.3 Å². The SMILES string of the molecule is C=C(CCCCC)N[C@H](CCCCNC(=O)CCCCOC1OC(CO)C(O)C(O)C1O)C(C)=O. The summed E-state index contributed by atoms with van der Waals surface area (Å²) in [6.07, 6.45) is 1.50. The molecule has 1 heterocycles. The molecule has 1 aliphatic heterocycles. The molecular weight excluding hydrogens is 456 g/mol. The molecular formula is C25H46N2O8. The van der Waals surface area contributed by atoms with E-state index < -0.39 is 37.3 Å². The fraction of sp³-hybridized carbons (Fsp3) is 0.840. The molecule has 6 atom stereocenters. The predicted octanol–water partition coefficient (Wildman–Crippen LogP) is 0.901. The quantitative estimate of drug-likeness (QED) is 0.141. The van der Waals surface area contributed by atoms with Crippen molar-refractivity contribution < 1.29 is 39.5 Å². The Kier molecular flexibility index (Phi) is 16.0. The number of hydrogen-bond acceptors (Lipinski definition) is 9. The third-order valence-corrected chi connectivity index (χ3v) is 6.12. The minimum Gasteiger partial charge on any atom is -0.394 e. The molecule has 1 rings (SSSR count). The lowest BCUT2D eigenvalue weighted by Crippen LogP contribution is -2.59. The Morgan fingerprint density at radius 1 is 1.00 bits per heavy atom. The Morgan fingerprint density at radius 3 is 2.37 bits per heavy atom. The van der Waals surface area contributed by atoms with Crippen molar-refractivity contribution in [3.63, 3.8) is 0 Å². The number of unbranched alkanes of at least 4 members (excludes halogenated alkanes) is 4. The molecule has 35 heavy (non-hydrogen) atoms. The standard InChI is InChI=1S/C25H46N2O8/c1-4-5-6-11-17(2)27-19(18(3)29)12-7-9-14-26-21(30)13-8-10-15-34-25-24(33)23(32)22(31)20(16-28)35-25/h19-20,22-25,27-28,31-33H,2,4-16H2,1,3H3,(H,26,30)/t19-,20?,22?,23?,24?,25?/m1/s1. The van der Waals surface area contributed by atoms with E-state index in [0.717, 1.165) is 44.2 Å². The van der Waals surface area contributed by atoms with Crippen LogP contribution in [-0.4, -0.2) is 88.6 Å². The summed E-state index contributed by atoms with van der Waals surface area (Å²) in [5.74, 6) is 0.0278. The highest BCUT2D eigenvalue weighted by molar-refractivity contribution is 5.81. The lowest BCUT2D eigenvalue weighted by Gasteiger charge is -2.39. The lowest BCUT2D eigenvalue weighted by atomic mass is 9.99. The Labute approximate surface area is 209 Å². The van der Waals surface area contributed by atoms with Gasteiger partial charge in [-0.15, -0.1) is 0 Å². The zero-order chi connectivity index (χ0) is 26.2. The fourth-order valence-corrected chi connectivity index (χ4v) is 3.87. The van der Waals surface area contributed by atoms with Gasteiger partial charge in [-0.2, -0.15) is 0 Å². The summed E-state index contributed by atoms with van der Waals surface area (Å²) >= 11 is 0. The van der Waals surface area contributed by atoms with E-state index in [2.05, 4.69) is 24.1 Å². The van der Waals surface area contributed by atoms with Crippen LogP contribution < -0.4 is 10.6 Å². The molecule has 0 bridgehead atoms. The van der Waals surface area contributed by atoms with Gasteiger partial charge in [0.05, 0.1) is 12.6 Å². The second-order valence-electron chi connectivity index (χ2n) is 9.24. The van der Waals surface area contributed by atoms with Crippen LogP contribution in [0.25, 0.3) is 0 Å². The Hall–Kier alpha value is -1.56. The Morgan fingerprint density at radius 2 is 1.71 bits per heavy atom. The van der Waals surface area contributed by atoms with Gasteiger partial charge < -0.3 is 40.5 Å². The highest BCUT2D eigenvalue weighted by Crippen LogP contribution is 2.22. The first-order chi connectivity index (χ1) is 16.7. The number of hydrogen-bond donors (Lipinski definition) is 6. The maximum absolute atomic E-state index is 12.0. The van der Waals surface area contributed by atoms with Crippen LogP contribution in [0.5, 0.6) is 0 Å². The molecule has 0 aromatic carbocycles. The van der Waals surface area contributed by atoms with Crippen LogP contribution in [0.4, 0.5) is 0 Å². The maximum Gasteiger partial charge on any atom is 0.219 e. The van der Waals surface area contributed by atoms with Crippen molar-refractivity contribution in [2.24, 2.45) is 0 Å². The van der Waals surface area contributed by atoms with Gasteiger partial charge in [0.1, 0.15) is 24.4 Å². The molecule has 0 aromatic heterocycles. The van der Waals surface area contributed by atoms with E-state index in [-0.39, 0.29) is 24.3 Å². The first-order valence-corrected chi connectivity index (χ1v) is 12.8. The van der Waals surface area contributed by atoms with Gasteiger partial charge in [-0.05, 0) is 51.9 Å². The van der Waals surface area contributed by atoms with Gasteiger partial charge >= 0.3 is 0 Å². The molecule has 0 radical (unpaired) electrons. The minimum atomic E-state index is -1.47. The van der Waals surface area contributed by atoms with Crippen molar-refractivity contribution in [2.45, 2.75) is 115 Å². The third-order valence-electron chi connectivity index (χ3n) is 6.12. The van der Waals surface area contributed by atoms with E-state index in [4.69, 9.17) is 9.47 Å². The summed E-state index contributed by atoms with van der Waals surface area (Å²) in [5.41, 5.74) is 0.905. The molecule has 0 spiro atoms. The van der Waals surface area contributed by atoms with Crippen LogP contribution in [0.15, 0.2) is 12.3 Å². The second-order valence-corrected chi connectivity index (χ2v) is 9.24. The average molecular weight is 503 g/mol. The number of carbonyl (C=O) groups is 2. The van der Waals surface area contributed by atoms with Crippen LogP contribution in [0.2, 0.25) is 0 Å². The van der Waals surface area contributed by atoms with Crippen LogP contribution in [0.1, 0.15) is 78.1 Å². The Balaban J connectivity index is 2.13. The largest absolute Gasteiger partial charge is 0.394 e. The van der Waals surface area contributed by atoms with Crippen LogP contribution >= 0.6 is 0 Å². The number of Topliss-reactive ketones (excluding diaryl/α,β-unsaturated/α-hetero) is 1. The molecule has 0 aromatic rings. The van der Waals surface area contributed by atoms with Crippen molar-refractivity contribution in [3.05, 3.63) is 12.3 Å². The average Bonchev–Trinajstić information content (AvgIpc) is 2.82. The number of aliphatic hydroxyl groups excluding tert-OH is 4. The first-order valence-electron chi connectivity index (χ1n) is 12.8. The third kappa shape index (κ3) is 12.3. The molecule has 5 unspecified atom stereocenters. The van der Waals surface area contributed by atoms with Crippen molar-refractivity contribution in [3.8, 4) is 0 Å². The second kappa shape index (κ2) is 17.8. The van der Waals surface area contributed by atoms with Crippen LogP contribution in [0, 0.1) is 0 Å². The molecule has 0 saturated carbocycles. The van der Waals surface area contributed by atoms with Crippen LogP contribution in [-0.2, 0) is 19.1 Å². The van der Waals surface area contributed by atoms with Gasteiger partial charge in [0.2, 0.25) is 5.91 Å². The van der Waals surface area contributed by atoms with Gasteiger partial charge in [-0.1, -0.05) is 26.3 Å². The molecule has 1 fully saturated rings. The van der Waals surface area contributed by atoms with Crippen LogP contribution in [0.3, 0.4) is 0 Å². The zero-order valence-electron chi connectivity index (χ0n) is 21.3. The summed E-state index contributed by atoms with van der Waals surface area (Å²) in [4.78, 5) is 23.9. The lowest BCUT2D eigenvalue weighted by molar-refractivity contribution is -0.301. The molecule has 1 aliphatic rings. The van der Waals surface area contributed by atoms with Gasteiger partial charge in [0.25, 0.3) is 0 Å². The van der Waals surface area contributed by atoms with E-state index >= 15 is 0 Å². The molecule has 1 amide bonds. The summed E-state index contributed by atoms with van der Waals surface area (Å²) < 4.78 is 10.7. The number of carbonyl (C=O) groups excluding carboxylic acids is 2. The topological polar surface area (TPSA) is 158 Å². The highest BCUT2D eigenvalue weighted by Gasteiger charge is 2.43. The molecule has 6 N–H and O–H groups in total. The van der Waals surface area contributed by atoms with Crippen molar-refractivity contribution in [2.75, 3.05) is 19.8 Å². The molecule has 0 aliphatic carbocycles. The molecule has 1 saturated heterocycles. The van der Waals surface area contributed by atoms with E-state index in [1.54, 1.807) is 6.92 Å². The van der Waals surface area contributed by atoms with E-state index in [9.17, 15) is 30.0 Å². The molecule has 10 heteroatoms. The maximum atomic E-state index is 12.0. The number of aliphatic hydroxyl groups is 4. The summed E-state index contributed by atoms with van der Waals surface area (Å²) in [6, 6.07) is -0.233. The number of ketones is 1. The summed E-state index contributed by atoms with van der Waals surface area (Å²) in [7, 11) is 0. The minimum absolute atomic E-state index is 0.0663. The van der Waals surface area contributed by atoms with Gasteiger partial charge in [-0.3, -0.25) is 9.59 Å². The summed E-state index contributed by atoms with van der Waals surface area (Å²) in [6.45, 7) is 7.98. The number of nitrogens with one attached hydrogen (secondary N) is 2. The van der Waals surface area contributed by atoms with E-state index in [1.165, 1.54) is 0 Å². The molecule has 204 valence electrons. The van der Waals surface area contributed by atoms with Gasteiger partial charge in [0.15, 0.2) is 12.1 Å². The predicted molar refractivity (Wildman–Crippen MR) is 131 cm³/mol. The normalized spacial score (nSPS) is 25.1. The van der Waals surface area contributed by atoms with E-state index in [0.29, 0.717) is 32.2 Å². The number of amides is 1. The zero-order valence-corrected chi connectivity index (χ0v) is 21.3. The van der Waals surface area contributed by atoms with Crippen molar-refractivity contribution in [1.82, 2.24) is 10.6 Å². The number of allylic oxidation sites excluding steroid dienone is 1. The molecule has 10 nitrogen and oxygen atoms in total. The van der Waals surface area contributed by atoms with E-state index in [1.807, 2.05) is 0 Å². The Bertz CT molecular complexity index is 631. The highest BCUT2D eigenvalue weighted by atomic mass is 16.7. The summed E-state index contributed by atoms with van der Waals surface area (Å²) in [5, 5.41) is 44.7.